The number of phenols is 1. The van der Waals surface area contributed by atoms with Crippen LogP contribution in [0.15, 0.2) is 35.5 Å². The van der Waals surface area contributed by atoms with E-state index in [2.05, 4.69) is 20.8 Å². The number of tetrazole rings is 1. The fraction of sp³-hybridized carbons (Fsp3) is 0.286. The summed E-state index contributed by atoms with van der Waals surface area (Å²) < 4.78 is 6.45. The Morgan fingerprint density at radius 2 is 2.14 bits per heavy atom. The van der Waals surface area contributed by atoms with Gasteiger partial charge in [0, 0.05) is 5.70 Å². The van der Waals surface area contributed by atoms with Crippen molar-refractivity contribution in [3.8, 4) is 5.75 Å². The van der Waals surface area contributed by atoms with Crippen LogP contribution in [0.3, 0.4) is 0 Å². The quantitative estimate of drug-likeness (QED) is 0.822. The fourth-order valence-corrected chi connectivity index (χ4v) is 2.53. The molecule has 0 spiro atoms. The molecule has 22 heavy (non-hydrogen) atoms. The molecule has 0 saturated carbocycles. The molecule has 0 amide bonds. The average molecular weight is 301 g/mol. The Bertz CT molecular complexity index is 735. The van der Waals surface area contributed by atoms with E-state index in [-0.39, 0.29) is 5.75 Å². The SMILES string of the molecule is CCC1=C(C(=O)OC)[C@@H](c2ccc(O)cc2)n2nnnc2N1. The molecular formula is C14H15N5O3. The monoisotopic (exact) mass is 301 g/mol. The number of carbonyl (C=O) groups excluding carboxylic acids is 1. The lowest BCUT2D eigenvalue weighted by Crippen LogP contribution is -2.30. The molecule has 3 rings (SSSR count). The second-order valence-corrected chi connectivity index (χ2v) is 4.80. The van der Waals surface area contributed by atoms with Crippen molar-refractivity contribution in [3.63, 3.8) is 0 Å². The summed E-state index contributed by atoms with van der Waals surface area (Å²) in [7, 11) is 1.34. The molecule has 2 N–H and O–H groups in total. The first kappa shape index (κ1) is 14.1. The van der Waals surface area contributed by atoms with Crippen LogP contribution in [0.4, 0.5) is 5.95 Å². The summed E-state index contributed by atoms with van der Waals surface area (Å²) in [4.78, 5) is 12.3. The molecule has 0 aliphatic carbocycles. The van der Waals surface area contributed by atoms with Crippen molar-refractivity contribution in [3.05, 3.63) is 41.1 Å². The van der Waals surface area contributed by atoms with Crippen molar-refractivity contribution in [2.24, 2.45) is 0 Å². The number of rotatable bonds is 3. The molecule has 1 aromatic heterocycles. The number of aromatic nitrogens is 4. The van der Waals surface area contributed by atoms with Gasteiger partial charge in [-0.25, -0.2) is 4.79 Å². The van der Waals surface area contributed by atoms with Crippen molar-refractivity contribution in [1.82, 2.24) is 20.2 Å². The Kier molecular flexibility index (Phi) is 3.50. The number of anilines is 1. The highest BCUT2D eigenvalue weighted by molar-refractivity contribution is 5.92. The Labute approximate surface area is 126 Å². The third kappa shape index (κ3) is 2.18. The topological polar surface area (TPSA) is 102 Å². The molecule has 114 valence electrons. The van der Waals surface area contributed by atoms with Gasteiger partial charge in [-0.05, 0) is 34.5 Å². The van der Waals surface area contributed by atoms with Gasteiger partial charge in [-0.2, -0.15) is 4.68 Å². The van der Waals surface area contributed by atoms with Crippen LogP contribution in [-0.4, -0.2) is 38.4 Å². The van der Waals surface area contributed by atoms with Gasteiger partial charge in [-0.15, -0.1) is 0 Å². The summed E-state index contributed by atoms with van der Waals surface area (Å²) in [5.74, 6) is 0.167. The van der Waals surface area contributed by atoms with Gasteiger partial charge in [0.05, 0.1) is 12.7 Å². The maximum atomic E-state index is 12.3. The minimum Gasteiger partial charge on any atom is -0.508 e. The van der Waals surface area contributed by atoms with Gasteiger partial charge < -0.3 is 15.2 Å². The van der Waals surface area contributed by atoms with Crippen molar-refractivity contribution >= 4 is 11.9 Å². The van der Waals surface area contributed by atoms with Gasteiger partial charge in [0.25, 0.3) is 0 Å². The van der Waals surface area contributed by atoms with Crippen LogP contribution >= 0.6 is 0 Å². The van der Waals surface area contributed by atoms with Crippen LogP contribution in [0.25, 0.3) is 0 Å². The number of phenolic OH excluding ortho intramolecular Hbond substituents is 1. The summed E-state index contributed by atoms with van der Waals surface area (Å²) in [5, 5.41) is 24.1. The number of carbonyl (C=O) groups is 1. The van der Waals surface area contributed by atoms with Crippen molar-refractivity contribution in [2.45, 2.75) is 19.4 Å². The fourth-order valence-electron chi connectivity index (χ4n) is 2.53. The highest BCUT2D eigenvalue weighted by Crippen LogP contribution is 2.36. The van der Waals surface area contributed by atoms with E-state index >= 15 is 0 Å². The maximum Gasteiger partial charge on any atom is 0.338 e. The highest BCUT2D eigenvalue weighted by Gasteiger charge is 2.35. The summed E-state index contributed by atoms with van der Waals surface area (Å²) >= 11 is 0. The molecule has 2 aromatic rings. The van der Waals surface area contributed by atoms with Gasteiger partial charge in [0.2, 0.25) is 5.95 Å². The molecule has 1 atom stereocenters. The number of nitrogens with zero attached hydrogens (tertiary/aromatic N) is 4. The molecular weight excluding hydrogens is 286 g/mol. The molecule has 8 nitrogen and oxygen atoms in total. The minimum absolute atomic E-state index is 0.147. The van der Waals surface area contributed by atoms with E-state index in [0.717, 1.165) is 5.56 Å². The third-order valence-corrected chi connectivity index (χ3v) is 3.57. The normalized spacial score (nSPS) is 16.9. The van der Waals surface area contributed by atoms with Gasteiger partial charge in [0.15, 0.2) is 0 Å². The summed E-state index contributed by atoms with van der Waals surface area (Å²) in [6.45, 7) is 1.93. The number of hydrogen-bond donors (Lipinski definition) is 2. The number of nitrogens with one attached hydrogen (secondary N) is 1. The second-order valence-electron chi connectivity index (χ2n) is 4.80. The summed E-state index contributed by atoms with van der Waals surface area (Å²) in [6.07, 6.45) is 0.603. The van der Waals surface area contributed by atoms with Crippen LogP contribution in [0, 0.1) is 0 Å². The molecule has 8 heteroatoms. The molecule has 0 saturated heterocycles. The average Bonchev–Trinajstić information content (AvgIpc) is 3.01. The van der Waals surface area contributed by atoms with E-state index in [1.807, 2.05) is 6.92 Å². The van der Waals surface area contributed by atoms with Crippen LogP contribution in [0.1, 0.15) is 24.9 Å². The molecule has 0 radical (unpaired) electrons. The van der Waals surface area contributed by atoms with Crippen molar-refractivity contribution in [2.75, 3.05) is 12.4 Å². The number of benzene rings is 1. The predicted molar refractivity (Wildman–Crippen MR) is 77.0 cm³/mol. The lowest BCUT2D eigenvalue weighted by Gasteiger charge is -2.28. The number of fused-ring (bicyclic) bond motifs is 1. The molecule has 2 heterocycles. The standard InChI is InChI=1S/C14H15N5O3/c1-3-10-11(13(21)22-2)12(8-4-6-9(20)7-5-8)19-14(15-10)16-17-18-19/h4-7,12,20H,3H2,1-2H3,(H,15,16,18)/t12-/m1/s1. The first-order valence-electron chi connectivity index (χ1n) is 6.80. The van der Waals surface area contributed by atoms with Gasteiger partial charge >= 0.3 is 5.97 Å². The Hall–Kier alpha value is -2.90. The van der Waals surface area contributed by atoms with Gasteiger partial charge in [-0.1, -0.05) is 24.2 Å². The van der Waals surface area contributed by atoms with E-state index in [1.165, 1.54) is 11.8 Å². The van der Waals surface area contributed by atoms with Gasteiger partial charge in [0.1, 0.15) is 11.8 Å². The summed E-state index contributed by atoms with van der Waals surface area (Å²) in [6, 6.07) is 6.07. The number of hydrogen-bond acceptors (Lipinski definition) is 7. The zero-order chi connectivity index (χ0) is 15.7. The molecule has 1 aliphatic heterocycles. The van der Waals surface area contributed by atoms with Crippen LogP contribution in [-0.2, 0) is 9.53 Å². The number of allylic oxidation sites excluding steroid dienone is 1. The zero-order valence-corrected chi connectivity index (χ0v) is 12.1. The third-order valence-electron chi connectivity index (χ3n) is 3.57. The Morgan fingerprint density at radius 3 is 2.77 bits per heavy atom. The van der Waals surface area contributed by atoms with E-state index in [4.69, 9.17) is 4.74 Å². The highest BCUT2D eigenvalue weighted by atomic mass is 16.5. The van der Waals surface area contributed by atoms with Crippen LogP contribution in [0.2, 0.25) is 0 Å². The second kappa shape index (κ2) is 5.47. The molecule has 0 unspecified atom stereocenters. The first-order chi connectivity index (χ1) is 10.7. The maximum absolute atomic E-state index is 12.3. The number of esters is 1. The molecule has 1 aromatic carbocycles. The Balaban J connectivity index is 2.19. The largest absolute Gasteiger partial charge is 0.508 e. The first-order valence-corrected chi connectivity index (χ1v) is 6.80. The lowest BCUT2D eigenvalue weighted by atomic mass is 9.94. The number of aromatic hydroxyl groups is 1. The zero-order valence-electron chi connectivity index (χ0n) is 12.1. The van der Waals surface area contributed by atoms with E-state index in [9.17, 15) is 9.90 Å². The summed E-state index contributed by atoms with van der Waals surface area (Å²) in [5.41, 5.74) is 1.95. The van der Waals surface area contributed by atoms with Crippen LogP contribution < -0.4 is 5.32 Å². The lowest BCUT2D eigenvalue weighted by molar-refractivity contribution is -0.136. The smallest absolute Gasteiger partial charge is 0.338 e. The molecule has 0 fully saturated rings. The van der Waals surface area contributed by atoms with Crippen LogP contribution in [0.5, 0.6) is 5.75 Å². The van der Waals surface area contributed by atoms with Gasteiger partial charge in [-0.3, -0.25) is 0 Å². The molecule has 0 bridgehead atoms. The predicted octanol–water partition coefficient (Wildman–Crippen LogP) is 1.23. The van der Waals surface area contributed by atoms with Crippen molar-refractivity contribution < 1.29 is 14.6 Å². The van der Waals surface area contributed by atoms with E-state index in [1.54, 1.807) is 24.3 Å². The molecule has 1 aliphatic rings. The number of methoxy groups -OCH3 is 1. The van der Waals surface area contributed by atoms with E-state index < -0.39 is 12.0 Å². The Morgan fingerprint density at radius 1 is 1.41 bits per heavy atom. The number of ether oxygens (including phenoxy) is 1. The van der Waals surface area contributed by atoms with E-state index in [0.29, 0.717) is 23.6 Å². The minimum atomic E-state index is -0.505. The van der Waals surface area contributed by atoms with Crippen molar-refractivity contribution in [1.29, 1.82) is 0 Å².